The molecule has 1 aromatic carbocycles. The van der Waals surface area contributed by atoms with Crippen molar-refractivity contribution in [3.63, 3.8) is 0 Å². The average molecular weight is 554 g/mol. The van der Waals surface area contributed by atoms with E-state index >= 15 is 0 Å². The second kappa shape index (κ2) is 7.94. The second-order valence-electron chi connectivity index (χ2n) is 4.57. The van der Waals surface area contributed by atoms with Gasteiger partial charge in [-0.3, -0.25) is 0 Å². The third-order valence-corrected chi connectivity index (χ3v) is 6.08. The molecule has 0 saturated carbocycles. The minimum atomic E-state index is -1.13. The van der Waals surface area contributed by atoms with E-state index in [1.807, 2.05) is 22.6 Å². The highest BCUT2D eigenvalue weighted by Gasteiger charge is 2.17. The Kier molecular flexibility index (Phi) is 5.87. The average Bonchev–Trinajstić information content (AvgIpc) is 3.14. The minimum Gasteiger partial charge on any atom is -0.477 e. The lowest BCUT2D eigenvalue weighted by Crippen LogP contribution is -1.96. The number of carboxylic acids is 1. The second-order valence-corrected chi connectivity index (χ2v) is 7.83. The third kappa shape index (κ3) is 4.66. The van der Waals surface area contributed by atoms with Gasteiger partial charge in [0.15, 0.2) is 3.77 Å². The summed E-state index contributed by atoms with van der Waals surface area (Å²) in [6.45, 7) is 0. The van der Waals surface area contributed by atoms with Crippen molar-refractivity contribution in [3.8, 4) is 11.5 Å². The first-order valence-corrected chi connectivity index (χ1v) is 9.66. The molecule has 0 atom stereocenters. The Hall–Kier alpha value is -1.30. The number of carboxylic acid groups (broad SMARTS) is 1. The monoisotopic (exact) mass is 552 g/mol. The molecule has 1 N–H and O–H groups in total. The molecule has 0 bridgehead atoms. The van der Waals surface area contributed by atoms with E-state index < -0.39 is 5.97 Å². The first-order chi connectivity index (χ1) is 11.9. The van der Waals surface area contributed by atoms with Crippen LogP contribution in [0.5, 0.6) is 0 Å². The summed E-state index contributed by atoms with van der Waals surface area (Å²) in [7, 11) is 0. The van der Waals surface area contributed by atoms with Gasteiger partial charge in [0.05, 0.1) is 4.47 Å². The fraction of sp³-hybridized carbons (Fsp3) is 0. The molecular formula is C15H7BrClIN2O4S. The van der Waals surface area contributed by atoms with Crippen LogP contribution in [-0.2, 0) is 4.79 Å². The number of benzene rings is 1. The van der Waals surface area contributed by atoms with E-state index in [0.717, 1.165) is 16.2 Å². The summed E-state index contributed by atoms with van der Waals surface area (Å²) in [6.07, 6.45) is 1.39. The lowest BCUT2D eigenvalue weighted by molar-refractivity contribution is -0.131. The fourth-order valence-electron chi connectivity index (χ4n) is 1.75. The number of hydrogen-bond acceptors (Lipinski definition) is 6. The summed E-state index contributed by atoms with van der Waals surface area (Å²) in [5.41, 5.74) is 0.689. The largest absolute Gasteiger partial charge is 0.477 e. The maximum absolute atomic E-state index is 11.5. The van der Waals surface area contributed by atoms with Crippen LogP contribution < -0.4 is 0 Å². The van der Waals surface area contributed by atoms with E-state index in [1.165, 1.54) is 6.08 Å². The topological polar surface area (TPSA) is 89.4 Å². The number of aliphatic carboxylic acids is 1. The highest BCUT2D eigenvalue weighted by Crippen LogP contribution is 2.32. The molecule has 2 heterocycles. The molecule has 3 aromatic rings. The molecule has 0 fully saturated rings. The van der Waals surface area contributed by atoms with Gasteiger partial charge in [-0.25, -0.2) is 4.79 Å². The smallest absolute Gasteiger partial charge is 0.342 e. The summed E-state index contributed by atoms with van der Waals surface area (Å²) in [4.78, 5) is 11.5. The number of furan rings is 1. The summed E-state index contributed by atoms with van der Waals surface area (Å²) in [5, 5.41) is 17.9. The van der Waals surface area contributed by atoms with Gasteiger partial charge in [0.1, 0.15) is 10.7 Å². The van der Waals surface area contributed by atoms with E-state index in [-0.39, 0.29) is 16.0 Å². The Morgan fingerprint density at radius 1 is 1.28 bits per heavy atom. The predicted octanol–water partition coefficient (Wildman–Crippen LogP) is 5.57. The molecule has 25 heavy (non-hydrogen) atoms. The Morgan fingerprint density at radius 2 is 2.00 bits per heavy atom. The zero-order valence-electron chi connectivity index (χ0n) is 12.1. The van der Waals surface area contributed by atoms with Gasteiger partial charge in [-0.15, -0.1) is 10.2 Å². The van der Waals surface area contributed by atoms with Crippen LogP contribution >= 0.6 is 61.9 Å². The zero-order chi connectivity index (χ0) is 18.0. The van der Waals surface area contributed by atoms with Gasteiger partial charge >= 0.3 is 5.97 Å². The minimum absolute atomic E-state index is 0.0102. The van der Waals surface area contributed by atoms with Crippen molar-refractivity contribution in [3.05, 3.63) is 54.3 Å². The summed E-state index contributed by atoms with van der Waals surface area (Å²) in [6, 6.07) is 8.55. The van der Waals surface area contributed by atoms with Crippen molar-refractivity contribution in [1.82, 2.24) is 10.2 Å². The van der Waals surface area contributed by atoms with E-state index in [9.17, 15) is 9.90 Å². The highest BCUT2D eigenvalue weighted by atomic mass is 127. The van der Waals surface area contributed by atoms with Gasteiger partial charge in [0.25, 0.3) is 5.22 Å². The maximum atomic E-state index is 11.5. The molecule has 0 aliphatic rings. The number of aromatic nitrogens is 2. The number of hydrogen-bond donors (Lipinski definition) is 1. The van der Waals surface area contributed by atoms with E-state index in [1.54, 1.807) is 30.3 Å². The number of thioether (sulfide) groups is 1. The van der Waals surface area contributed by atoms with Crippen LogP contribution in [-0.4, -0.2) is 21.3 Å². The molecule has 0 aliphatic heterocycles. The molecule has 0 amide bonds. The molecule has 2 aromatic heterocycles. The Balaban J connectivity index is 1.83. The summed E-state index contributed by atoms with van der Waals surface area (Å²) in [5.74, 6) is -0.448. The number of carbonyl (C=O) groups is 1. The van der Waals surface area contributed by atoms with Gasteiger partial charge < -0.3 is 13.9 Å². The Morgan fingerprint density at radius 3 is 2.60 bits per heavy atom. The normalized spacial score (nSPS) is 11.7. The summed E-state index contributed by atoms with van der Waals surface area (Å²) >= 11 is 12.0. The number of rotatable bonds is 5. The molecule has 3 rings (SSSR count). The van der Waals surface area contributed by atoms with E-state index in [0.29, 0.717) is 20.1 Å². The van der Waals surface area contributed by atoms with Gasteiger partial charge in [-0.2, -0.15) is 0 Å². The molecule has 10 heteroatoms. The maximum Gasteiger partial charge on any atom is 0.342 e. The molecule has 0 unspecified atom stereocenters. The van der Waals surface area contributed by atoms with Crippen molar-refractivity contribution < 1.29 is 18.7 Å². The predicted molar refractivity (Wildman–Crippen MR) is 105 cm³/mol. The first kappa shape index (κ1) is 18.5. The third-order valence-electron chi connectivity index (χ3n) is 2.84. The van der Waals surface area contributed by atoms with Gasteiger partial charge in [-0.05, 0) is 58.0 Å². The van der Waals surface area contributed by atoms with Crippen LogP contribution in [0.2, 0.25) is 5.02 Å². The molecule has 0 saturated heterocycles. The van der Waals surface area contributed by atoms with Gasteiger partial charge in [0.2, 0.25) is 5.89 Å². The first-order valence-electron chi connectivity index (χ1n) is 6.59. The van der Waals surface area contributed by atoms with Crippen molar-refractivity contribution in [1.29, 1.82) is 0 Å². The van der Waals surface area contributed by atoms with Crippen LogP contribution in [0.4, 0.5) is 0 Å². The standard InChI is InChI=1S/C15H7BrClIN2O4S/c16-10-5-9(23-12(10)18)6-11(14(21)22)25-15-20-19-13(24-15)7-1-3-8(17)4-2-7/h1-6H,(H,21,22)/b11-6-. The van der Waals surface area contributed by atoms with Crippen molar-refractivity contribution >= 4 is 73.9 Å². The lowest BCUT2D eigenvalue weighted by Gasteiger charge is -1.97. The quantitative estimate of drug-likeness (QED) is 0.251. The van der Waals surface area contributed by atoms with Gasteiger partial charge in [0, 0.05) is 39.3 Å². The van der Waals surface area contributed by atoms with E-state index in [4.69, 9.17) is 20.4 Å². The van der Waals surface area contributed by atoms with Crippen LogP contribution in [0.1, 0.15) is 5.76 Å². The number of nitrogens with zero attached hydrogens (tertiary/aromatic N) is 2. The molecule has 0 aliphatic carbocycles. The van der Waals surface area contributed by atoms with Crippen molar-refractivity contribution in [2.45, 2.75) is 5.22 Å². The van der Waals surface area contributed by atoms with Crippen LogP contribution in [0.25, 0.3) is 17.5 Å². The van der Waals surface area contributed by atoms with Crippen LogP contribution in [0, 0.1) is 3.77 Å². The zero-order valence-corrected chi connectivity index (χ0v) is 17.4. The molecule has 128 valence electrons. The van der Waals surface area contributed by atoms with Crippen LogP contribution in [0.3, 0.4) is 0 Å². The number of halogens is 3. The molecular weight excluding hydrogens is 547 g/mol. The van der Waals surface area contributed by atoms with Crippen LogP contribution in [0.15, 0.2) is 53.8 Å². The Bertz CT molecular complexity index is 935. The fourth-order valence-corrected chi connectivity index (χ4v) is 3.25. The lowest BCUT2D eigenvalue weighted by atomic mass is 10.2. The highest BCUT2D eigenvalue weighted by molar-refractivity contribution is 14.1. The molecule has 6 nitrogen and oxygen atoms in total. The van der Waals surface area contributed by atoms with Crippen molar-refractivity contribution in [2.24, 2.45) is 0 Å². The molecule has 0 spiro atoms. The molecule has 0 radical (unpaired) electrons. The SMILES string of the molecule is O=C(O)/C(=C/c1cc(Br)c(I)o1)Sc1nnc(-c2ccc(Cl)cc2)o1. The van der Waals surface area contributed by atoms with Gasteiger partial charge in [-0.1, -0.05) is 11.6 Å². The summed E-state index contributed by atoms with van der Waals surface area (Å²) < 4.78 is 12.3. The van der Waals surface area contributed by atoms with E-state index in [2.05, 4.69) is 26.1 Å². The Labute approximate surface area is 172 Å². The van der Waals surface area contributed by atoms with Crippen molar-refractivity contribution in [2.75, 3.05) is 0 Å².